The standard InChI is InChI=1S/C21H15N3O/c22-16-5-4-12-2-1-3-17-19(12)20(16)15-10-24-9-14-11-25-7-6-13(14)8-18(24)21(15)23-17/h1-6,8-10H,7,11,22H2. The van der Waals surface area contributed by atoms with Crippen LogP contribution in [-0.2, 0) is 11.3 Å². The van der Waals surface area contributed by atoms with Crippen molar-refractivity contribution in [2.45, 2.75) is 6.61 Å². The fraction of sp³-hybridized carbons (Fsp3) is 0.0952. The fourth-order valence-corrected chi connectivity index (χ4v) is 4.07. The van der Waals surface area contributed by atoms with Crippen LogP contribution < -0.4 is 11.0 Å². The predicted molar refractivity (Wildman–Crippen MR) is 101 cm³/mol. The van der Waals surface area contributed by atoms with E-state index >= 15 is 0 Å². The second-order valence-electron chi connectivity index (χ2n) is 6.67. The van der Waals surface area contributed by atoms with Gasteiger partial charge in [0.2, 0.25) is 0 Å². The van der Waals surface area contributed by atoms with Gasteiger partial charge < -0.3 is 14.9 Å². The van der Waals surface area contributed by atoms with Crippen molar-refractivity contribution in [3.05, 3.63) is 59.6 Å². The SMILES string of the molecule is Nc1ccc2cccc3nc4c(cn5cc6c(cc45)=CCOC6)c1c23. The molecule has 4 heterocycles. The molecular formula is C21H15N3O. The summed E-state index contributed by atoms with van der Waals surface area (Å²) >= 11 is 0. The molecule has 120 valence electrons. The van der Waals surface area contributed by atoms with Gasteiger partial charge in [-0.15, -0.1) is 0 Å². The molecule has 0 unspecified atom stereocenters. The number of fused-ring (bicyclic) bond motifs is 5. The van der Waals surface area contributed by atoms with Crippen LogP contribution in [0.4, 0.5) is 5.69 Å². The molecular weight excluding hydrogens is 310 g/mol. The van der Waals surface area contributed by atoms with E-state index in [1.165, 1.54) is 16.2 Å². The highest BCUT2D eigenvalue weighted by molar-refractivity contribution is 6.24. The first-order valence-corrected chi connectivity index (χ1v) is 8.41. The van der Waals surface area contributed by atoms with E-state index in [0.29, 0.717) is 13.2 Å². The van der Waals surface area contributed by atoms with Gasteiger partial charge in [0.05, 0.1) is 29.8 Å². The molecule has 0 amide bonds. The largest absolute Gasteiger partial charge is 0.398 e. The van der Waals surface area contributed by atoms with Gasteiger partial charge in [-0.2, -0.15) is 0 Å². The van der Waals surface area contributed by atoms with Crippen molar-refractivity contribution in [2.75, 3.05) is 12.3 Å². The molecule has 4 nitrogen and oxygen atoms in total. The van der Waals surface area contributed by atoms with Crippen molar-refractivity contribution in [2.24, 2.45) is 0 Å². The molecule has 5 aromatic rings. The molecule has 3 aromatic heterocycles. The Kier molecular flexibility index (Phi) is 2.37. The minimum Gasteiger partial charge on any atom is -0.398 e. The van der Waals surface area contributed by atoms with Crippen LogP contribution >= 0.6 is 0 Å². The van der Waals surface area contributed by atoms with E-state index in [1.54, 1.807) is 0 Å². The molecule has 0 fully saturated rings. The zero-order valence-electron chi connectivity index (χ0n) is 13.5. The molecule has 0 radical (unpaired) electrons. The lowest BCUT2D eigenvalue weighted by Gasteiger charge is -2.10. The molecule has 2 N–H and O–H groups in total. The maximum atomic E-state index is 6.38. The smallest absolute Gasteiger partial charge is 0.0971 e. The second-order valence-corrected chi connectivity index (χ2v) is 6.67. The number of anilines is 1. The zero-order chi connectivity index (χ0) is 16.5. The van der Waals surface area contributed by atoms with Crippen LogP contribution in [0.2, 0.25) is 0 Å². The Labute approximate surface area is 143 Å². The number of nitrogens with two attached hydrogens (primary N) is 1. The van der Waals surface area contributed by atoms with Crippen LogP contribution in [0.15, 0.2) is 48.8 Å². The van der Waals surface area contributed by atoms with Gasteiger partial charge in [0.25, 0.3) is 0 Å². The van der Waals surface area contributed by atoms with Crippen molar-refractivity contribution < 1.29 is 4.74 Å². The van der Waals surface area contributed by atoms with Crippen LogP contribution in [0.1, 0.15) is 5.56 Å². The monoisotopic (exact) mass is 325 g/mol. The Morgan fingerprint density at radius 1 is 1.08 bits per heavy atom. The molecule has 25 heavy (non-hydrogen) atoms. The summed E-state index contributed by atoms with van der Waals surface area (Å²) in [6, 6.07) is 12.5. The van der Waals surface area contributed by atoms with Crippen LogP contribution in [0.5, 0.6) is 0 Å². The maximum Gasteiger partial charge on any atom is 0.0971 e. The molecule has 1 aliphatic rings. The summed E-state index contributed by atoms with van der Waals surface area (Å²) in [5.41, 5.74) is 11.5. The highest BCUT2D eigenvalue weighted by Crippen LogP contribution is 2.37. The minimum absolute atomic E-state index is 0.652. The molecule has 6 rings (SSSR count). The van der Waals surface area contributed by atoms with Crippen molar-refractivity contribution in [1.29, 1.82) is 0 Å². The number of ether oxygens (including phenoxy) is 1. The molecule has 0 saturated carbocycles. The Bertz CT molecular complexity index is 1380. The highest BCUT2D eigenvalue weighted by atomic mass is 16.5. The lowest BCUT2D eigenvalue weighted by atomic mass is 10.0. The van der Waals surface area contributed by atoms with Crippen molar-refractivity contribution in [3.63, 3.8) is 0 Å². The molecule has 0 atom stereocenters. The van der Waals surface area contributed by atoms with Crippen molar-refractivity contribution in [3.8, 4) is 0 Å². The van der Waals surface area contributed by atoms with Crippen LogP contribution in [-0.4, -0.2) is 16.0 Å². The van der Waals surface area contributed by atoms with Crippen molar-refractivity contribution >= 4 is 49.9 Å². The van der Waals surface area contributed by atoms with E-state index in [0.717, 1.165) is 38.4 Å². The average molecular weight is 325 g/mol. The lowest BCUT2D eigenvalue weighted by molar-refractivity contribution is 0.150. The first-order chi connectivity index (χ1) is 12.3. The number of pyridine rings is 2. The number of aromatic nitrogens is 2. The Morgan fingerprint density at radius 3 is 3.00 bits per heavy atom. The summed E-state index contributed by atoms with van der Waals surface area (Å²) in [6.07, 6.45) is 6.42. The third-order valence-electron chi connectivity index (χ3n) is 5.24. The highest BCUT2D eigenvalue weighted by Gasteiger charge is 2.15. The van der Waals surface area contributed by atoms with E-state index < -0.39 is 0 Å². The number of hydrogen-bond donors (Lipinski definition) is 1. The Morgan fingerprint density at radius 2 is 2.04 bits per heavy atom. The number of nitrogen functional groups attached to an aromatic ring is 1. The van der Waals surface area contributed by atoms with E-state index in [4.69, 9.17) is 15.5 Å². The normalized spacial score (nSPS) is 14.4. The number of nitrogens with zero attached hydrogens (tertiary/aromatic N) is 2. The Hall–Kier alpha value is -3.11. The summed E-state index contributed by atoms with van der Waals surface area (Å²) < 4.78 is 7.70. The maximum absolute atomic E-state index is 6.38. The van der Waals surface area contributed by atoms with Gasteiger partial charge in [-0.3, -0.25) is 0 Å². The van der Waals surface area contributed by atoms with Gasteiger partial charge in [0.1, 0.15) is 0 Å². The quantitative estimate of drug-likeness (QED) is 0.444. The zero-order valence-corrected chi connectivity index (χ0v) is 13.5. The average Bonchev–Trinajstić information content (AvgIpc) is 2.99. The van der Waals surface area contributed by atoms with E-state index in [9.17, 15) is 0 Å². The van der Waals surface area contributed by atoms with E-state index in [-0.39, 0.29) is 0 Å². The second kappa shape index (κ2) is 4.49. The molecule has 0 bridgehead atoms. The summed E-state index contributed by atoms with van der Waals surface area (Å²) in [5.74, 6) is 0. The number of hydrogen-bond acceptors (Lipinski definition) is 3. The van der Waals surface area contributed by atoms with Crippen LogP contribution in [0.25, 0.3) is 44.2 Å². The van der Waals surface area contributed by atoms with E-state index in [2.05, 4.69) is 53.2 Å². The number of benzene rings is 2. The summed E-state index contributed by atoms with van der Waals surface area (Å²) in [4.78, 5) is 4.98. The van der Waals surface area contributed by atoms with Crippen LogP contribution in [0.3, 0.4) is 0 Å². The summed E-state index contributed by atoms with van der Waals surface area (Å²) in [7, 11) is 0. The molecule has 2 aromatic carbocycles. The minimum atomic E-state index is 0.652. The third-order valence-corrected chi connectivity index (χ3v) is 5.24. The predicted octanol–water partition coefficient (Wildman–Crippen LogP) is 3.41. The van der Waals surface area contributed by atoms with Gasteiger partial charge in [-0.05, 0) is 28.8 Å². The van der Waals surface area contributed by atoms with Crippen LogP contribution in [0, 0.1) is 0 Å². The summed E-state index contributed by atoms with van der Waals surface area (Å²) in [6.45, 7) is 1.32. The molecule has 0 aliphatic carbocycles. The third kappa shape index (κ3) is 1.67. The summed E-state index contributed by atoms with van der Waals surface area (Å²) in [5, 5.41) is 5.75. The molecule has 0 saturated heterocycles. The molecule has 1 aliphatic heterocycles. The lowest BCUT2D eigenvalue weighted by Crippen LogP contribution is -2.17. The van der Waals surface area contributed by atoms with Gasteiger partial charge in [-0.25, -0.2) is 4.98 Å². The van der Waals surface area contributed by atoms with E-state index in [1.807, 2.05) is 6.07 Å². The van der Waals surface area contributed by atoms with Crippen molar-refractivity contribution in [1.82, 2.24) is 9.38 Å². The molecule has 4 heteroatoms. The van der Waals surface area contributed by atoms with Gasteiger partial charge in [0, 0.05) is 39.8 Å². The Balaban J connectivity index is 1.90. The fourth-order valence-electron chi connectivity index (χ4n) is 4.07. The van der Waals surface area contributed by atoms with Gasteiger partial charge in [-0.1, -0.05) is 24.3 Å². The topological polar surface area (TPSA) is 52.5 Å². The number of rotatable bonds is 0. The van der Waals surface area contributed by atoms with Gasteiger partial charge >= 0.3 is 0 Å². The first kappa shape index (κ1) is 13.2. The first-order valence-electron chi connectivity index (χ1n) is 8.41. The molecule has 0 spiro atoms. The van der Waals surface area contributed by atoms with Gasteiger partial charge in [0.15, 0.2) is 0 Å².